The van der Waals surface area contributed by atoms with Gasteiger partial charge in [0.05, 0.1) is 11.6 Å². The summed E-state index contributed by atoms with van der Waals surface area (Å²) in [6.07, 6.45) is 1.59. The monoisotopic (exact) mass is 267 g/mol. The van der Waals surface area contributed by atoms with Crippen LogP contribution in [0.15, 0.2) is 22.9 Å². The van der Waals surface area contributed by atoms with Gasteiger partial charge in [0.15, 0.2) is 0 Å². The van der Waals surface area contributed by atoms with Gasteiger partial charge in [-0.25, -0.2) is 4.98 Å². The first kappa shape index (κ1) is 11.7. The number of halogens is 1. The third kappa shape index (κ3) is 2.54. The topological polar surface area (TPSA) is 57.0 Å². The van der Waals surface area contributed by atoms with Crippen LogP contribution in [0.4, 0.5) is 0 Å². The van der Waals surface area contributed by atoms with Crippen molar-refractivity contribution in [2.75, 3.05) is 7.05 Å². The average Bonchev–Trinajstić information content (AvgIpc) is 2.26. The minimum Gasteiger partial charge on any atom is -0.326 e. The summed E-state index contributed by atoms with van der Waals surface area (Å²) in [5.41, 5.74) is 0.460. The van der Waals surface area contributed by atoms with Crippen molar-refractivity contribution in [1.29, 1.82) is 5.26 Å². The number of hydrogen-bond acceptors (Lipinski definition) is 3. The fourth-order valence-electron chi connectivity index (χ4n) is 0.998. The summed E-state index contributed by atoms with van der Waals surface area (Å²) in [6, 6.07) is 4.90. The Kier molecular flexibility index (Phi) is 3.81. The molecular weight excluding hydrogens is 258 g/mol. The standard InChI is InChI=1S/C10H10BrN3O/c1-7(6-12)14(2)10(15)8-4-3-5-13-9(8)11/h3-5,7H,1-2H3. The van der Waals surface area contributed by atoms with Crippen LogP contribution < -0.4 is 0 Å². The summed E-state index contributed by atoms with van der Waals surface area (Å²) >= 11 is 3.19. The molecule has 0 aliphatic carbocycles. The molecule has 1 atom stereocenters. The first-order valence-electron chi connectivity index (χ1n) is 4.35. The molecule has 0 fully saturated rings. The van der Waals surface area contributed by atoms with Crippen molar-refractivity contribution in [2.45, 2.75) is 13.0 Å². The van der Waals surface area contributed by atoms with Crippen molar-refractivity contribution in [3.05, 3.63) is 28.5 Å². The van der Waals surface area contributed by atoms with Gasteiger partial charge in [-0.05, 0) is 35.0 Å². The number of aromatic nitrogens is 1. The van der Waals surface area contributed by atoms with E-state index in [1.807, 2.05) is 6.07 Å². The van der Waals surface area contributed by atoms with E-state index < -0.39 is 6.04 Å². The second kappa shape index (κ2) is 4.89. The maximum atomic E-state index is 11.9. The SMILES string of the molecule is CC(C#N)N(C)C(=O)c1cccnc1Br. The Labute approximate surface area is 96.7 Å². The van der Waals surface area contributed by atoms with Crippen molar-refractivity contribution in [3.8, 4) is 6.07 Å². The molecule has 0 saturated carbocycles. The highest BCUT2D eigenvalue weighted by molar-refractivity contribution is 9.10. The summed E-state index contributed by atoms with van der Waals surface area (Å²) in [4.78, 5) is 17.2. The van der Waals surface area contributed by atoms with Crippen molar-refractivity contribution < 1.29 is 4.79 Å². The van der Waals surface area contributed by atoms with E-state index in [9.17, 15) is 4.79 Å². The number of hydrogen-bond donors (Lipinski definition) is 0. The number of rotatable bonds is 2. The van der Waals surface area contributed by atoms with Crippen molar-refractivity contribution in [1.82, 2.24) is 9.88 Å². The third-order valence-corrected chi connectivity index (χ3v) is 2.71. The predicted molar refractivity (Wildman–Crippen MR) is 59.1 cm³/mol. The van der Waals surface area contributed by atoms with E-state index in [2.05, 4.69) is 20.9 Å². The highest BCUT2D eigenvalue weighted by Gasteiger charge is 2.19. The van der Waals surface area contributed by atoms with Gasteiger partial charge < -0.3 is 4.90 Å². The van der Waals surface area contributed by atoms with E-state index in [0.717, 1.165) is 0 Å². The molecule has 5 heteroatoms. The molecule has 0 aliphatic heterocycles. The molecule has 0 saturated heterocycles. The minimum absolute atomic E-state index is 0.218. The van der Waals surface area contributed by atoms with E-state index in [1.54, 1.807) is 32.3 Å². The van der Waals surface area contributed by atoms with Crippen LogP contribution in [0.3, 0.4) is 0 Å². The molecule has 15 heavy (non-hydrogen) atoms. The lowest BCUT2D eigenvalue weighted by Gasteiger charge is -2.19. The fraction of sp³-hybridized carbons (Fsp3) is 0.300. The van der Waals surface area contributed by atoms with Crippen LogP contribution in [0.2, 0.25) is 0 Å². The summed E-state index contributed by atoms with van der Waals surface area (Å²) < 4.78 is 0.493. The molecule has 1 amide bonds. The largest absolute Gasteiger partial charge is 0.326 e. The summed E-state index contributed by atoms with van der Waals surface area (Å²) in [7, 11) is 1.59. The quantitative estimate of drug-likeness (QED) is 0.769. The van der Waals surface area contributed by atoms with Crippen LogP contribution in [0.5, 0.6) is 0 Å². The van der Waals surface area contributed by atoms with Crippen LogP contribution >= 0.6 is 15.9 Å². The van der Waals surface area contributed by atoms with Crippen molar-refractivity contribution in [3.63, 3.8) is 0 Å². The first-order chi connectivity index (χ1) is 7.07. The van der Waals surface area contributed by atoms with Gasteiger partial charge in [0.25, 0.3) is 5.91 Å². The Morgan fingerprint density at radius 3 is 2.93 bits per heavy atom. The number of carbonyl (C=O) groups excluding carboxylic acids is 1. The molecule has 0 spiro atoms. The molecule has 0 bridgehead atoms. The van der Waals surface area contributed by atoms with Crippen molar-refractivity contribution in [2.24, 2.45) is 0 Å². The Morgan fingerprint density at radius 1 is 1.73 bits per heavy atom. The zero-order valence-electron chi connectivity index (χ0n) is 8.44. The van der Waals surface area contributed by atoms with Crippen LogP contribution in [0.25, 0.3) is 0 Å². The van der Waals surface area contributed by atoms with E-state index in [-0.39, 0.29) is 5.91 Å². The van der Waals surface area contributed by atoms with Crippen molar-refractivity contribution >= 4 is 21.8 Å². The van der Waals surface area contributed by atoms with Crippen LogP contribution in [0, 0.1) is 11.3 Å². The number of carbonyl (C=O) groups is 1. The van der Waals surface area contributed by atoms with E-state index in [0.29, 0.717) is 10.2 Å². The lowest BCUT2D eigenvalue weighted by molar-refractivity contribution is 0.0771. The van der Waals surface area contributed by atoms with Gasteiger partial charge >= 0.3 is 0 Å². The zero-order chi connectivity index (χ0) is 11.4. The molecule has 1 heterocycles. The lowest BCUT2D eigenvalue weighted by Crippen LogP contribution is -2.34. The van der Waals surface area contributed by atoms with Crippen LogP contribution in [-0.4, -0.2) is 28.9 Å². The molecule has 1 unspecified atom stereocenters. The smallest absolute Gasteiger partial charge is 0.257 e. The molecule has 4 nitrogen and oxygen atoms in total. The Morgan fingerprint density at radius 2 is 2.40 bits per heavy atom. The predicted octanol–water partition coefficient (Wildman–Crippen LogP) is 1.83. The lowest BCUT2D eigenvalue weighted by atomic mass is 10.2. The molecule has 1 aromatic rings. The average molecular weight is 268 g/mol. The molecule has 0 aromatic carbocycles. The van der Waals surface area contributed by atoms with Gasteiger partial charge in [-0.3, -0.25) is 4.79 Å². The summed E-state index contributed by atoms with van der Waals surface area (Å²) in [5, 5.41) is 8.70. The van der Waals surface area contributed by atoms with Gasteiger partial charge in [0.1, 0.15) is 10.6 Å². The molecular formula is C10H10BrN3O. The van der Waals surface area contributed by atoms with Crippen LogP contribution in [0.1, 0.15) is 17.3 Å². The maximum Gasteiger partial charge on any atom is 0.257 e. The second-order valence-electron chi connectivity index (χ2n) is 3.06. The third-order valence-electron chi connectivity index (χ3n) is 2.08. The van der Waals surface area contributed by atoms with Crippen LogP contribution in [-0.2, 0) is 0 Å². The first-order valence-corrected chi connectivity index (χ1v) is 5.14. The number of pyridine rings is 1. The van der Waals surface area contributed by atoms with Gasteiger partial charge in [-0.15, -0.1) is 0 Å². The molecule has 0 aliphatic rings. The summed E-state index contributed by atoms with van der Waals surface area (Å²) in [6.45, 7) is 1.67. The van der Waals surface area contributed by atoms with Gasteiger partial charge in [0.2, 0.25) is 0 Å². The van der Waals surface area contributed by atoms with Gasteiger partial charge in [0, 0.05) is 13.2 Å². The number of nitrogens with zero attached hydrogens (tertiary/aromatic N) is 3. The highest BCUT2D eigenvalue weighted by Crippen LogP contribution is 2.15. The van der Waals surface area contributed by atoms with Gasteiger partial charge in [-0.2, -0.15) is 5.26 Å². The fourth-order valence-corrected chi connectivity index (χ4v) is 1.42. The molecule has 0 N–H and O–H groups in total. The Hall–Kier alpha value is -1.41. The van der Waals surface area contributed by atoms with Gasteiger partial charge in [-0.1, -0.05) is 0 Å². The molecule has 1 aromatic heterocycles. The van der Waals surface area contributed by atoms with E-state index in [1.165, 1.54) is 4.90 Å². The molecule has 78 valence electrons. The number of amides is 1. The normalized spacial score (nSPS) is 11.6. The maximum absolute atomic E-state index is 11.9. The minimum atomic E-state index is -0.454. The molecule has 0 radical (unpaired) electrons. The van der Waals surface area contributed by atoms with E-state index >= 15 is 0 Å². The Balaban J connectivity index is 2.96. The Bertz CT molecular complexity index is 413. The second-order valence-corrected chi connectivity index (χ2v) is 3.81. The highest BCUT2D eigenvalue weighted by atomic mass is 79.9. The summed E-state index contributed by atoms with van der Waals surface area (Å²) in [5.74, 6) is -0.218. The molecule has 1 rings (SSSR count). The number of nitriles is 1. The zero-order valence-corrected chi connectivity index (χ0v) is 10.0. The van der Waals surface area contributed by atoms with E-state index in [4.69, 9.17) is 5.26 Å².